The van der Waals surface area contributed by atoms with Crippen molar-refractivity contribution in [2.24, 2.45) is 0 Å². The van der Waals surface area contributed by atoms with Crippen LogP contribution in [0.25, 0.3) is 0 Å². The van der Waals surface area contributed by atoms with Crippen LogP contribution < -0.4 is 5.32 Å². The van der Waals surface area contributed by atoms with Crippen LogP contribution in [0.3, 0.4) is 0 Å². The Balaban J connectivity index is 2.63. The molecule has 1 rings (SSSR count). The summed E-state index contributed by atoms with van der Waals surface area (Å²) in [5, 5.41) is 20.7. The monoisotopic (exact) mass is 247 g/mol. The molecule has 0 fully saturated rings. The highest BCUT2D eigenvalue weighted by Crippen LogP contribution is 2.21. The van der Waals surface area contributed by atoms with E-state index in [0.29, 0.717) is 12.2 Å². The molecule has 0 aliphatic carbocycles. The Morgan fingerprint density at radius 2 is 1.94 bits per heavy atom. The van der Waals surface area contributed by atoms with Crippen molar-refractivity contribution in [3.63, 3.8) is 0 Å². The van der Waals surface area contributed by atoms with Crippen LogP contribution >= 0.6 is 0 Å². The second-order valence-corrected chi connectivity index (χ2v) is 3.62. The summed E-state index contributed by atoms with van der Waals surface area (Å²) in [6.07, 6.45) is 0. The Morgan fingerprint density at radius 1 is 1.35 bits per heavy atom. The summed E-state index contributed by atoms with van der Waals surface area (Å²) in [6.45, 7) is 0.319. The fraction of sp³-hybridized carbons (Fsp3) is 0.455. The zero-order valence-corrected chi connectivity index (χ0v) is 9.41. The molecule has 0 radical (unpaired) electrons. The van der Waals surface area contributed by atoms with Gasteiger partial charge in [0.15, 0.2) is 17.4 Å². The van der Waals surface area contributed by atoms with Crippen molar-refractivity contribution in [2.45, 2.75) is 12.6 Å². The zero-order valence-electron chi connectivity index (χ0n) is 9.41. The van der Waals surface area contributed by atoms with Crippen molar-refractivity contribution < 1.29 is 23.7 Å². The number of benzene rings is 1. The van der Waals surface area contributed by atoms with Gasteiger partial charge in [0.2, 0.25) is 0 Å². The number of ether oxygens (including phenoxy) is 1. The summed E-state index contributed by atoms with van der Waals surface area (Å²) in [4.78, 5) is 0. The number of hydrogen-bond donors (Lipinski definition) is 3. The molecule has 96 valence electrons. The van der Waals surface area contributed by atoms with Gasteiger partial charge in [0.25, 0.3) is 0 Å². The van der Waals surface area contributed by atoms with Crippen molar-refractivity contribution in [1.29, 1.82) is 0 Å². The molecule has 1 atom stereocenters. The van der Waals surface area contributed by atoms with E-state index in [1.54, 1.807) is 0 Å². The van der Waals surface area contributed by atoms with Gasteiger partial charge in [-0.05, 0) is 17.7 Å². The molecule has 0 aliphatic heterocycles. The van der Waals surface area contributed by atoms with Gasteiger partial charge in [0.1, 0.15) is 0 Å². The highest BCUT2D eigenvalue weighted by atomic mass is 19.1. The first-order valence-corrected chi connectivity index (χ1v) is 5.08. The summed E-state index contributed by atoms with van der Waals surface area (Å²) in [7, 11) is 1.49. The first kappa shape index (κ1) is 13.8. The van der Waals surface area contributed by atoms with Gasteiger partial charge in [0.05, 0.1) is 19.3 Å². The minimum Gasteiger partial charge on any atom is -0.503 e. The summed E-state index contributed by atoms with van der Waals surface area (Å²) in [5.41, 5.74) is 0.340. The third-order valence-electron chi connectivity index (χ3n) is 2.26. The van der Waals surface area contributed by atoms with E-state index in [4.69, 9.17) is 14.9 Å². The van der Waals surface area contributed by atoms with Gasteiger partial charge in [-0.1, -0.05) is 0 Å². The molecule has 3 N–H and O–H groups in total. The maximum atomic E-state index is 13.0. The summed E-state index contributed by atoms with van der Waals surface area (Å²) in [5.74, 6) is -2.99. The van der Waals surface area contributed by atoms with Crippen LogP contribution in [-0.4, -0.2) is 36.6 Å². The molecule has 0 spiro atoms. The summed E-state index contributed by atoms with van der Waals surface area (Å²) >= 11 is 0. The molecule has 1 aromatic rings. The maximum Gasteiger partial charge on any atom is 0.187 e. The molecule has 0 aromatic heterocycles. The predicted octanol–water partition coefficient (Wildman–Crippen LogP) is 0.767. The van der Waals surface area contributed by atoms with Crippen LogP contribution in [0.2, 0.25) is 0 Å². The minimum atomic E-state index is -1.01. The fourth-order valence-corrected chi connectivity index (χ4v) is 1.36. The van der Waals surface area contributed by atoms with E-state index in [1.807, 2.05) is 0 Å². The average molecular weight is 247 g/mol. The van der Waals surface area contributed by atoms with Crippen LogP contribution in [0.15, 0.2) is 12.1 Å². The highest BCUT2D eigenvalue weighted by molar-refractivity contribution is 5.29. The first-order chi connectivity index (χ1) is 8.08. The van der Waals surface area contributed by atoms with Gasteiger partial charge in [-0.15, -0.1) is 0 Å². The number of halogens is 2. The van der Waals surface area contributed by atoms with Crippen molar-refractivity contribution in [2.75, 3.05) is 20.3 Å². The first-order valence-electron chi connectivity index (χ1n) is 5.08. The van der Waals surface area contributed by atoms with Gasteiger partial charge in [-0.25, -0.2) is 8.78 Å². The second-order valence-electron chi connectivity index (χ2n) is 3.62. The van der Waals surface area contributed by atoms with E-state index in [9.17, 15) is 8.78 Å². The minimum absolute atomic E-state index is 0.142. The van der Waals surface area contributed by atoms with Crippen LogP contribution in [0, 0.1) is 11.6 Å². The maximum absolute atomic E-state index is 13.0. The lowest BCUT2D eigenvalue weighted by Gasteiger charge is -2.15. The Kier molecular flexibility index (Phi) is 5.27. The number of phenols is 1. The number of aliphatic hydroxyl groups excluding tert-OH is 1. The van der Waals surface area contributed by atoms with Crippen LogP contribution in [0.1, 0.15) is 5.56 Å². The molecule has 1 aromatic carbocycles. The Bertz CT molecular complexity index is 351. The van der Waals surface area contributed by atoms with Crippen molar-refractivity contribution in [3.8, 4) is 5.75 Å². The zero-order chi connectivity index (χ0) is 12.8. The number of hydrogen-bond acceptors (Lipinski definition) is 4. The molecule has 0 aliphatic rings. The van der Waals surface area contributed by atoms with Crippen molar-refractivity contribution >= 4 is 0 Å². The fourth-order valence-electron chi connectivity index (χ4n) is 1.36. The molecule has 0 bridgehead atoms. The van der Waals surface area contributed by atoms with E-state index in [-0.39, 0.29) is 19.2 Å². The number of aromatic hydroxyl groups is 1. The Labute approximate surface area is 97.8 Å². The SMILES string of the molecule is COCC(CO)NCc1cc(F)c(O)c(F)c1. The van der Waals surface area contributed by atoms with Gasteiger partial charge in [0, 0.05) is 13.7 Å². The molecule has 0 heterocycles. The van der Waals surface area contributed by atoms with E-state index < -0.39 is 17.4 Å². The van der Waals surface area contributed by atoms with Gasteiger partial charge >= 0.3 is 0 Å². The molecule has 0 amide bonds. The average Bonchev–Trinajstić information content (AvgIpc) is 2.31. The molecular weight excluding hydrogens is 232 g/mol. The third-order valence-corrected chi connectivity index (χ3v) is 2.26. The lowest BCUT2D eigenvalue weighted by molar-refractivity contribution is 0.128. The smallest absolute Gasteiger partial charge is 0.187 e. The van der Waals surface area contributed by atoms with E-state index in [2.05, 4.69) is 5.32 Å². The van der Waals surface area contributed by atoms with Gasteiger partial charge < -0.3 is 20.3 Å². The molecule has 1 unspecified atom stereocenters. The Morgan fingerprint density at radius 3 is 2.41 bits per heavy atom. The number of methoxy groups -OCH3 is 1. The number of phenolic OH excluding ortho intramolecular Hbond substituents is 1. The normalized spacial score (nSPS) is 12.7. The van der Waals surface area contributed by atoms with Gasteiger partial charge in [-0.2, -0.15) is 0 Å². The molecule has 0 saturated heterocycles. The van der Waals surface area contributed by atoms with Crippen LogP contribution in [0.4, 0.5) is 8.78 Å². The van der Waals surface area contributed by atoms with Crippen molar-refractivity contribution in [1.82, 2.24) is 5.32 Å². The molecule has 4 nitrogen and oxygen atoms in total. The molecule has 6 heteroatoms. The lowest BCUT2D eigenvalue weighted by atomic mass is 10.2. The summed E-state index contributed by atoms with van der Waals surface area (Å²) < 4.78 is 30.8. The largest absolute Gasteiger partial charge is 0.503 e. The molecular formula is C11H15F2NO3. The molecule has 17 heavy (non-hydrogen) atoms. The molecule has 0 saturated carbocycles. The number of rotatable bonds is 6. The number of nitrogens with one attached hydrogen (secondary N) is 1. The second kappa shape index (κ2) is 6.48. The number of aliphatic hydroxyl groups is 1. The topological polar surface area (TPSA) is 61.7 Å². The quantitative estimate of drug-likeness (QED) is 0.694. The predicted molar refractivity (Wildman–Crippen MR) is 57.6 cm³/mol. The standard InChI is InChI=1S/C11H15F2NO3/c1-17-6-8(5-15)14-4-7-2-9(12)11(16)10(13)3-7/h2-3,8,14-16H,4-6H2,1H3. The Hall–Kier alpha value is -1.24. The van der Waals surface area contributed by atoms with E-state index in [1.165, 1.54) is 7.11 Å². The van der Waals surface area contributed by atoms with Crippen molar-refractivity contribution in [3.05, 3.63) is 29.3 Å². The van der Waals surface area contributed by atoms with Crippen LogP contribution in [-0.2, 0) is 11.3 Å². The van der Waals surface area contributed by atoms with Gasteiger partial charge in [-0.3, -0.25) is 0 Å². The highest BCUT2D eigenvalue weighted by Gasteiger charge is 2.11. The third kappa shape index (κ3) is 3.92. The van der Waals surface area contributed by atoms with E-state index in [0.717, 1.165) is 12.1 Å². The van der Waals surface area contributed by atoms with E-state index >= 15 is 0 Å². The van der Waals surface area contributed by atoms with Crippen LogP contribution in [0.5, 0.6) is 5.75 Å². The summed E-state index contributed by atoms with van der Waals surface area (Å²) in [6, 6.07) is 1.76. The lowest BCUT2D eigenvalue weighted by Crippen LogP contribution is -2.35.